The Hall–Kier alpha value is -4.71. The van der Waals surface area contributed by atoms with Crippen molar-refractivity contribution in [3.63, 3.8) is 0 Å². The number of nitriles is 2. The van der Waals surface area contributed by atoms with E-state index in [0.717, 1.165) is 38.7 Å². The highest BCUT2D eigenvalue weighted by Crippen LogP contribution is 2.34. The Morgan fingerprint density at radius 3 is 2.31 bits per heavy atom. The Morgan fingerprint density at radius 1 is 0.833 bits per heavy atom. The van der Waals surface area contributed by atoms with Crippen LogP contribution in [0.5, 0.6) is 0 Å². The van der Waals surface area contributed by atoms with Crippen LogP contribution in [0.15, 0.2) is 97.5 Å². The average molecular weight is 468 g/mol. The van der Waals surface area contributed by atoms with Gasteiger partial charge in [0.2, 0.25) is 0 Å². The van der Waals surface area contributed by atoms with Crippen molar-refractivity contribution in [1.82, 2.24) is 14.9 Å². The van der Waals surface area contributed by atoms with E-state index in [0.29, 0.717) is 11.1 Å². The lowest BCUT2D eigenvalue weighted by molar-refractivity contribution is 0.498. The van der Waals surface area contributed by atoms with Gasteiger partial charge in [0, 0.05) is 18.7 Å². The molecule has 174 valence electrons. The van der Waals surface area contributed by atoms with E-state index in [2.05, 4.69) is 59.7 Å². The maximum atomic E-state index is 9.94. The van der Waals surface area contributed by atoms with Gasteiger partial charge in [-0.3, -0.25) is 5.32 Å². The summed E-state index contributed by atoms with van der Waals surface area (Å²) in [6.45, 7) is 2.11. The number of benzene rings is 4. The molecule has 0 radical (unpaired) electrons. The van der Waals surface area contributed by atoms with E-state index >= 15 is 0 Å². The predicted molar refractivity (Wildman–Crippen MR) is 142 cm³/mol. The number of fused-ring (bicyclic) bond motifs is 1. The standard InChI is InChI=1S/C31H25N5/c1-21(23-12-10-22(17-32)11-13-23)35-31(30-19-34-20-36(30)2)25-14-15-26(18-33)29(16-25)28-9-5-7-24-6-3-4-8-27(24)28/h3-16,19-21,31,35H,1-2H3. The fraction of sp³-hybridized carbons (Fsp3) is 0.129. The van der Waals surface area contributed by atoms with Gasteiger partial charge in [-0.15, -0.1) is 0 Å². The van der Waals surface area contributed by atoms with E-state index in [-0.39, 0.29) is 12.1 Å². The number of nitrogens with one attached hydrogen (secondary N) is 1. The molecule has 5 aromatic rings. The molecule has 1 aromatic heterocycles. The number of aryl methyl sites for hydroxylation is 1. The molecule has 0 saturated heterocycles. The zero-order valence-electron chi connectivity index (χ0n) is 20.2. The van der Waals surface area contributed by atoms with Crippen LogP contribution in [0.2, 0.25) is 0 Å². The van der Waals surface area contributed by atoms with E-state index in [4.69, 9.17) is 5.26 Å². The molecule has 0 aliphatic rings. The van der Waals surface area contributed by atoms with Gasteiger partial charge in [-0.2, -0.15) is 10.5 Å². The highest BCUT2D eigenvalue weighted by atomic mass is 15.1. The molecule has 5 rings (SSSR count). The molecule has 0 saturated carbocycles. The van der Waals surface area contributed by atoms with Crippen molar-refractivity contribution in [3.8, 4) is 23.3 Å². The largest absolute Gasteiger partial charge is 0.336 e. The summed E-state index contributed by atoms with van der Waals surface area (Å²) >= 11 is 0. The minimum Gasteiger partial charge on any atom is -0.336 e. The molecular weight excluding hydrogens is 442 g/mol. The second kappa shape index (κ2) is 9.88. The third-order valence-electron chi connectivity index (χ3n) is 6.68. The first kappa shape index (κ1) is 23.1. The Morgan fingerprint density at radius 2 is 1.58 bits per heavy atom. The first-order valence-corrected chi connectivity index (χ1v) is 11.8. The summed E-state index contributed by atoms with van der Waals surface area (Å²) in [4.78, 5) is 4.36. The van der Waals surface area contributed by atoms with Gasteiger partial charge in [-0.25, -0.2) is 4.98 Å². The highest BCUT2D eigenvalue weighted by molar-refractivity contribution is 5.97. The molecule has 0 aliphatic heterocycles. The van der Waals surface area contributed by atoms with E-state index < -0.39 is 0 Å². The van der Waals surface area contributed by atoms with Crippen LogP contribution in [0, 0.1) is 22.7 Å². The number of imidazole rings is 1. The number of hydrogen-bond acceptors (Lipinski definition) is 4. The molecule has 0 spiro atoms. The Kier molecular flexibility index (Phi) is 6.33. The maximum absolute atomic E-state index is 9.94. The molecule has 1 N–H and O–H groups in total. The average Bonchev–Trinajstić information content (AvgIpc) is 3.36. The van der Waals surface area contributed by atoms with Crippen LogP contribution >= 0.6 is 0 Å². The number of nitrogens with zero attached hydrogens (tertiary/aromatic N) is 4. The molecule has 2 unspecified atom stereocenters. The summed E-state index contributed by atoms with van der Waals surface area (Å²) in [5.74, 6) is 0. The van der Waals surface area contributed by atoms with Crippen molar-refractivity contribution < 1.29 is 0 Å². The summed E-state index contributed by atoms with van der Waals surface area (Å²) in [5, 5.41) is 25.1. The van der Waals surface area contributed by atoms with Gasteiger partial charge >= 0.3 is 0 Å². The molecule has 0 amide bonds. The Labute approximate surface area is 210 Å². The normalized spacial score (nSPS) is 12.6. The van der Waals surface area contributed by atoms with E-state index in [9.17, 15) is 5.26 Å². The molecule has 0 bridgehead atoms. The fourth-order valence-corrected chi connectivity index (χ4v) is 4.71. The lowest BCUT2D eigenvalue weighted by Gasteiger charge is -2.25. The van der Waals surface area contributed by atoms with Gasteiger partial charge in [0.1, 0.15) is 0 Å². The summed E-state index contributed by atoms with van der Waals surface area (Å²) in [6, 6.07) is 32.6. The topological polar surface area (TPSA) is 77.4 Å². The molecular formula is C31H25N5. The number of aromatic nitrogens is 2. The predicted octanol–water partition coefficient (Wildman–Crippen LogP) is 6.42. The van der Waals surface area contributed by atoms with Crippen molar-refractivity contribution in [2.45, 2.75) is 19.0 Å². The Bertz CT molecular complexity index is 1610. The smallest absolute Gasteiger partial charge is 0.0998 e. The molecule has 0 fully saturated rings. The van der Waals surface area contributed by atoms with E-state index in [1.807, 2.05) is 72.4 Å². The first-order valence-electron chi connectivity index (χ1n) is 11.8. The third kappa shape index (κ3) is 4.36. The van der Waals surface area contributed by atoms with Crippen molar-refractivity contribution in [2.75, 3.05) is 0 Å². The summed E-state index contributed by atoms with van der Waals surface area (Å²) in [6.07, 6.45) is 3.67. The van der Waals surface area contributed by atoms with Crippen molar-refractivity contribution >= 4 is 10.8 Å². The van der Waals surface area contributed by atoms with Crippen molar-refractivity contribution in [2.24, 2.45) is 7.05 Å². The molecule has 1 heterocycles. The Balaban J connectivity index is 1.61. The zero-order valence-corrected chi connectivity index (χ0v) is 20.2. The zero-order chi connectivity index (χ0) is 25.1. The van der Waals surface area contributed by atoms with Crippen LogP contribution in [0.4, 0.5) is 0 Å². The van der Waals surface area contributed by atoms with Gasteiger partial charge in [-0.1, -0.05) is 60.7 Å². The van der Waals surface area contributed by atoms with Gasteiger partial charge in [0.05, 0.1) is 47.5 Å². The summed E-state index contributed by atoms with van der Waals surface area (Å²) in [5.41, 5.74) is 6.37. The van der Waals surface area contributed by atoms with Gasteiger partial charge < -0.3 is 4.57 Å². The van der Waals surface area contributed by atoms with Gasteiger partial charge in [-0.05, 0) is 58.7 Å². The van der Waals surface area contributed by atoms with Gasteiger partial charge in [0.15, 0.2) is 0 Å². The van der Waals surface area contributed by atoms with Crippen LogP contribution in [-0.2, 0) is 7.05 Å². The van der Waals surface area contributed by atoms with Crippen LogP contribution in [0.3, 0.4) is 0 Å². The van der Waals surface area contributed by atoms with Crippen LogP contribution in [0.1, 0.15) is 47.0 Å². The monoisotopic (exact) mass is 467 g/mol. The molecule has 0 aliphatic carbocycles. The SMILES string of the molecule is CC(NC(c1ccc(C#N)c(-c2cccc3ccccc23)c1)c1cncn1C)c1ccc(C#N)cc1. The molecule has 2 atom stereocenters. The summed E-state index contributed by atoms with van der Waals surface area (Å²) in [7, 11) is 1.98. The number of hydrogen-bond donors (Lipinski definition) is 1. The van der Waals surface area contributed by atoms with Crippen LogP contribution in [0.25, 0.3) is 21.9 Å². The third-order valence-corrected chi connectivity index (χ3v) is 6.68. The fourth-order valence-electron chi connectivity index (χ4n) is 4.71. The van der Waals surface area contributed by atoms with Crippen molar-refractivity contribution in [1.29, 1.82) is 10.5 Å². The first-order chi connectivity index (χ1) is 17.6. The molecule has 36 heavy (non-hydrogen) atoms. The lowest BCUT2D eigenvalue weighted by Crippen LogP contribution is -2.27. The van der Waals surface area contributed by atoms with Gasteiger partial charge in [0.25, 0.3) is 0 Å². The highest BCUT2D eigenvalue weighted by Gasteiger charge is 2.22. The summed E-state index contributed by atoms with van der Waals surface area (Å²) < 4.78 is 2.01. The second-order valence-electron chi connectivity index (χ2n) is 8.93. The van der Waals surface area contributed by atoms with Crippen molar-refractivity contribution in [3.05, 3.63) is 125 Å². The minimum atomic E-state index is -0.162. The quantitative estimate of drug-likeness (QED) is 0.312. The van der Waals surface area contributed by atoms with Crippen LogP contribution in [-0.4, -0.2) is 9.55 Å². The minimum absolute atomic E-state index is 0.00860. The molecule has 5 nitrogen and oxygen atoms in total. The molecule has 5 heteroatoms. The second-order valence-corrected chi connectivity index (χ2v) is 8.93. The van der Waals surface area contributed by atoms with Crippen LogP contribution < -0.4 is 5.32 Å². The lowest BCUT2D eigenvalue weighted by atomic mass is 9.91. The molecule has 4 aromatic carbocycles. The maximum Gasteiger partial charge on any atom is 0.0998 e. The van der Waals surface area contributed by atoms with E-state index in [1.165, 1.54) is 0 Å². The van der Waals surface area contributed by atoms with E-state index in [1.54, 1.807) is 6.33 Å². The number of rotatable bonds is 6.